The van der Waals surface area contributed by atoms with E-state index in [0.717, 1.165) is 0 Å². The van der Waals surface area contributed by atoms with Gasteiger partial charge in [-0.1, -0.05) is 18.2 Å². The van der Waals surface area contributed by atoms with Crippen molar-refractivity contribution in [1.29, 1.82) is 0 Å². The van der Waals surface area contributed by atoms with Gasteiger partial charge in [-0.15, -0.1) is 0 Å². The van der Waals surface area contributed by atoms with Gasteiger partial charge in [-0.3, -0.25) is 14.8 Å². The number of amides is 1. The topological polar surface area (TPSA) is 122 Å². The summed E-state index contributed by atoms with van der Waals surface area (Å²) in [6, 6.07) is 3.09. The van der Waals surface area contributed by atoms with Gasteiger partial charge in [0.15, 0.2) is 5.75 Å². The third-order valence-electron chi connectivity index (χ3n) is 7.75. The van der Waals surface area contributed by atoms with Gasteiger partial charge < -0.3 is 24.0 Å². The Labute approximate surface area is 252 Å². The predicted octanol–water partition coefficient (Wildman–Crippen LogP) is 3.81. The predicted molar refractivity (Wildman–Crippen MR) is 159 cm³/mol. The molecule has 226 valence electrons. The molecule has 3 atom stereocenters. The van der Waals surface area contributed by atoms with Gasteiger partial charge in [0.1, 0.15) is 34.4 Å². The molecule has 0 radical (unpaired) electrons. The van der Waals surface area contributed by atoms with Crippen LogP contribution in [0.3, 0.4) is 0 Å². The highest BCUT2D eigenvalue weighted by Gasteiger charge is 2.35. The van der Waals surface area contributed by atoms with Crippen LogP contribution in [0.1, 0.15) is 13.8 Å². The molecule has 2 aliphatic heterocycles. The lowest BCUT2D eigenvalue weighted by molar-refractivity contribution is -0.126. The van der Waals surface area contributed by atoms with Crippen molar-refractivity contribution in [2.75, 3.05) is 51.3 Å². The van der Waals surface area contributed by atoms with Gasteiger partial charge in [0.05, 0.1) is 22.5 Å². The number of aromatic amines is 1. The van der Waals surface area contributed by atoms with E-state index in [4.69, 9.17) is 35.8 Å². The number of likely N-dealkylation sites (N-methyl/N-ethyl adjacent to an activating group) is 1. The summed E-state index contributed by atoms with van der Waals surface area (Å²) in [4.78, 5) is 32.4. The molecule has 0 saturated carbocycles. The van der Waals surface area contributed by atoms with Crippen molar-refractivity contribution >= 4 is 45.1 Å². The largest absolute Gasteiger partial charge is 0.456 e. The van der Waals surface area contributed by atoms with Crippen molar-refractivity contribution in [1.82, 2.24) is 34.9 Å². The van der Waals surface area contributed by atoms with Crippen LogP contribution in [0.4, 0.5) is 10.2 Å². The number of H-pyrrole nitrogens is 1. The Balaban J connectivity index is 1.45. The minimum Gasteiger partial charge on any atom is -0.456 e. The van der Waals surface area contributed by atoms with Crippen LogP contribution in [-0.4, -0.2) is 105 Å². The normalized spacial score (nSPS) is 21.1. The summed E-state index contributed by atoms with van der Waals surface area (Å²) >= 11 is 6.36. The van der Waals surface area contributed by atoms with E-state index >= 15 is 0 Å². The zero-order valence-corrected chi connectivity index (χ0v) is 24.8. The summed E-state index contributed by atoms with van der Waals surface area (Å²) in [5.41, 5.74) is 0.778. The van der Waals surface area contributed by atoms with Gasteiger partial charge in [-0.2, -0.15) is 15.1 Å². The molecule has 5 heterocycles. The molecule has 14 heteroatoms. The molecule has 1 N–H and O–H groups in total. The lowest BCUT2D eigenvalue weighted by atomic mass is 10.1. The minimum atomic E-state index is -0.666. The summed E-state index contributed by atoms with van der Waals surface area (Å²) in [6.45, 7) is 11.0. The Hall–Kier alpha value is -4.07. The Morgan fingerprint density at radius 3 is 2.81 bits per heavy atom. The first kappa shape index (κ1) is 29.0. The summed E-state index contributed by atoms with van der Waals surface area (Å²) < 4.78 is 33.2. The van der Waals surface area contributed by atoms with E-state index in [1.165, 1.54) is 18.3 Å². The van der Waals surface area contributed by atoms with Gasteiger partial charge >= 0.3 is 6.01 Å². The van der Waals surface area contributed by atoms with Gasteiger partial charge in [0.25, 0.3) is 0 Å². The van der Waals surface area contributed by atoms with E-state index < -0.39 is 5.82 Å². The van der Waals surface area contributed by atoms with Crippen molar-refractivity contribution in [3.63, 3.8) is 0 Å². The van der Waals surface area contributed by atoms with Gasteiger partial charge in [-0.05, 0) is 33.0 Å². The van der Waals surface area contributed by atoms with E-state index in [1.54, 1.807) is 17.2 Å². The molecule has 0 aliphatic carbocycles. The number of benzene rings is 1. The number of ether oxygens (including phenoxy) is 3. The molecule has 2 aliphatic rings. The molecule has 2 fully saturated rings. The number of likely N-dealkylation sites (tertiary alicyclic amines) is 1. The minimum absolute atomic E-state index is 0.0618. The van der Waals surface area contributed by atoms with E-state index in [0.29, 0.717) is 67.0 Å². The number of halogens is 2. The van der Waals surface area contributed by atoms with Crippen LogP contribution in [0.25, 0.3) is 21.8 Å². The lowest BCUT2D eigenvalue weighted by Gasteiger charge is -2.40. The van der Waals surface area contributed by atoms with E-state index in [-0.39, 0.29) is 46.8 Å². The first-order chi connectivity index (χ1) is 20.8. The molecule has 12 nitrogen and oxygen atoms in total. The zero-order valence-electron chi connectivity index (χ0n) is 24.1. The molecular weight excluding hydrogens is 579 g/mol. The number of hydrogen-bond donors (Lipinski definition) is 1. The number of hydrogen-bond acceptors (Lipinski definition) is 10. The number of pyridine rings is 1. The van der Waals surface area contributed by atoms with Crippen molar-refractivity contribution in [2.24, 2.45) is 0 Å². The number of nitrogens with one attached hydrogen (secondary N) is 1. The number of fused-ring (bicyclic) bond motifs is 2. The molecular formula is C29H32ClFN8O4. The zero-order chi connectivity index (χ0) is 30.2. The van der Waals surface area contributed by atoms with Crippen LogP contribution in [0, 0.1) is 5.82 Å². The average molecular weight is 611 g/mol. The summed E-state index contributed by atoms with van der Waals surface area (Å²) in [5.74, 6) is -0.0248. The van der Waals surface area contributed by atoms with Crippen molar-refractivity contribution in [3.05, 3.63) is 48.0 Å². The first-order valence-electron chi connectivity index (χ1n) is 14.1. The third kappa shape index (κ3) is 5.55. The fourth-order valence-corrected chi connectivity index (χ4v) is 5.88. The highest BCUT2D eigenvalue weighted by atomic mass is 35.5. The average Bonchev–Trinajstić information content (AvgIpc) is 3.60. The first-order valence-corrected chi connectivity index (χ1v) is 14.5. The maximum absolute atomic E-state index is 14.7. The molecule has 6 rings (SSSR count). The number of nitrogens with zero attached hydrogens (tertiary/aromatic N) is 7. The molecule has 0 bridgehead atoms. The molecule has 43 heavy (non-hydrogen) atoms. The van der Waals surface area contributed by atoms with Crippen molar-refractivity contribution in [2.45, 2.75) is 32.1 Å². The highest BCUT2D eigenvalue weighted by molar-refractivity contribution is 6.33. The summed E-state index contributed by atoms with van der Waals surface area (Å²) in [7, 11) is 2.00. The van der Waals surface area contributed by atoms with Gasteiger partial charge in [0, 0.05) is 57.6 Å². The molecule has 3 aromatic heterocycles. The Morgan fingerprint density at radius 1 is 1.23 bits per heavy atom. The number of aromatic nitrogens is 5. The number of piperazine rings is 1. The standard InChI is InChI=1S/C29H32ClFN8O4/c1-5-23(40)38-9-10-39(16(3)13-38)27-17-7-8-32-28(43-26-18-12-33-36-20(18)11-19(31)24(26)30)25(17)34-29(35-27)42-22-15-37(4)14-21(22)41-6-2/h5,7-8,11-12,16,21-22H,1,6,9-10,13-15H2,2-4H3,(H,33,36)/t16-,21+,22+/m0/s1. The monoisotopic (exact) mass is 610 g/mol. The molecule has 0 unspecified atom stereocenters. The van der Waals surface area contributed by atoms with Crippen LogP contribution in [-0.2, 0) is 9.53 Å². The second kappa shape index (κ2) is 11.9. The second-order valence-corrected chi connectivity index (χ2v) is 11.1. The van der Waals surface area contributed by atoms with E-state index in [9.17, 15) is 9.18 Å². The molecule has 1 amide bonds. The van der Waals surface area contributed by atoms with Crippen LogP contribution >= 0.6 is 11.6 Å². The molecule has 4 aromatic rings. The van der Waals surface area contributed by atoms with Crippen LogP contribution in [0.2, 0.25) is 5.02 Å². The highest BCUT2D eigenvalue weighted by Crippen LogP contribution is 2.40. The number of carbonyl (C=O) groups is 1. The Bertz CT molecular complexity index is 1690. The smallest absolute Gasteiger partial charge is 0.319 e. The SMILES string of the molecule is C=CC(=O)N1CCN(c2nc(O[C@@H]3CN(C)C[C@H]3OCC)nc3c(Oc4c(Cl)c(F)cc5[nH]ncc45)nccc23)[C@@H](C)C1. The Morgan fingerprint density at radius 2 is 2.05 bits per heavy atom. The fraction of sp³-hybridized carbons (Fsp3) is 0.414. The maximum Gasteiger partial charge on any atom is 0.319 e. The van der Waals surface area contributed by atoms with Crippen LogP contribution in [0.15, 0.2) is 37.2 Å². The van der Waals surface area contributed by atoms with Crippen molar-refractivity contribution < 1.29 is 23.4 Å². The lowest BCUT2D eigenvalue weighted by Crippen LogP contribution is -2.53. The number of anilines is 1. The number of rotatable bonds is 8. The molecule has 0 spiro atoms. The van der Waals surface area contributed by atoms with Crippen molar-refractivity contribution in [3.8, 4) is 17.6 Å². The second-order valence-electron chi connectivity index (χ2n) is 10.7. The quantitative estimate of drug-likeness (QED) is 0.295. The molecule has 1 aromatic carbocycles. The molecule has 2 saturated heterocycles. The van der Waals surface area contributed by atoms with E-state index in [1.807, 2.05) is 20.9 Å². The third-order valence-corrected chi connectivity index (χ3v) is 8.11. The number of carbonyl (C=O) groups excluding carboxylic acids is 1. The van der Waals surface area contributed by atoms with E-state index in [2.05, 4.69) is 31.6 Å². The van der Waals surface area contributed by atoms with Gasteiger partial charge in [-0.25, -0.2) is 9.37 Å². The van der Waals surface area contributed by atoms with Crippen LogP contribution in [0.5, 0.6) is 17.6 Å². The Kier molecular flexibility index (Phi) is 8.03. The summed E-state index contributed by atoms with van der Waals surface area (Å²) in [5, 5.41) is 7.67. The summed E-state index contributed by atoms with van der Waals surface area (Å²) in [6.07, 6.45) is 3.94. The van der Waals surface area contributed by atoms with Gasteiger partial charge in [0.2, 0.25) is 11.8 Å². The fourth-order valence-electron chi connectivity index (χ4n) is 5.69. The van der Waals surface area contributed by atoms with Crippen LogP contribution < -0.4 is 14.4 Å². The maximum atomic E-state index is 14.7.